The summed E-state index contributed by atoms with van der Waals surface area (Å²) in [6, 6.07) is 3.17. The van der Waals surface area contributed by atoms with E-state index in [1.165, 1.54) is 13.8 Å². The summed E-state index contributed by atoms with van der Waals surface area (Å²) in [5, 5.41) is 25.1. The van der Waals surface area contributed by atoms with Gasteiger partial charge in [-0.25, -0.2) is 0 Å². The number of nitriles is 2. The minimum atomic E-state index is -2.18. The molecular weight excluding hydrogens is 264 g/mol. The third kappa shape index (κ3) is 3.23. The van der Waals surface area contributed by atoms with E-state index in [0.717, 1.165) is 14.2 Å². The lowest BCUT2D eigenvalue weighted by atomic mass is 10.1. The number of Topliss-reactive ketones (excluding diaryl/α,β-unsaturated/α-hetero) is 2. The Hall–Kier alpha value is -2.16. The molecule has 2 unspecified atom stereocenters. The summed E-state index contributed by atoms with van der Waals surface area (Å²) >= 11 is 0. The number of methoxy groups -OCH3 is 2. The molecule has 0 N–H and O–H groups in total. The fourth-order valence-electron chi connectivity index (χ4n) is 1.30. The van der Waals surface area contributed by atoms with Crippen molar-refractivity contribution in [3.63, 3.8) is 0 Å². The fraction of sp³-hybridized carbons (Fsp3) is 0.667. The van der Waals surface area contributed by atoms with E-state index >= 15 is 0 Å². The van der Waals surface area contributed by atoms with Crippen molar-refractivity contribution in [1.82, 2.24) is 0 Å². The average molecular weight is 280 g/mol. The van der Waals surface area contributed by atoms with E-state index in [2.05, 4.69) is 10.2 Å². The lowest BCUT2D eigenvalue weighted by molar-refractivity contribution is -0.138. The quantitative estimate of drug-likeness (QED) is 0.613. The molecule has 0 bridgehead atoms. The van der Waals surface area contributed by atoms with Crippen LogP contribution in [0.4, 0.5) is 0 Å². The Kier molecular flexibility index (Phi) is 6.63. The first-order valence-corrected chi connectivity index (χ1v) is 5.85. The molecule has 8 heteroatoms. The molecule has 0 spiro atoms. The van der Waals surface area contributed by atoms with Crippen LogP contribution in [-0.2, 0) is 19.1 Å². The van der Waals surface area contributed by atoms with Crippen LogP contribution in [0.5, 0.6) is 0 Å². The molecule has 0 rings (SSSR count). The minimum Gasteiger partial charge on any atom is -0.338 e. The second kappa shape index (κ2) is 7.43. The average Bonchev–Trinajstić information content (AvgIpc) is 2.51. The third-order valence-corrected chi connectivity index (χ3v) is 2.62. The molecule has 0 aromatic heterocycles. The smallest absolute Gasteiger partial charge is 0.325 e. The number of hydrogen-bond donors (Lipinski definition) is 0. The van der Waals surface area contributed by atoms with Crippen molar-refractivity contribution in [2.45, 2.75) is 38.1 Å². The molecule has 0 aliphatic rings. The lowest BCUT2D eigenvalue weighted by Crippen LogP contribution is -2.40. The topological polar surface area (TPSA) is 125 Å². The zero-order chi connectivity index (χ0) is 15.8. The standard InChI is InChI=1S/C12H16N4O4/c1-5-9(17)11(7-13,19-3)15-16-12(8-14,20-4)10(18)6-2/h5-6H2,1-4H3. The predicted octanol–water partition coefficient (Wildman–Crippen LogP) is 1.13. The van der Waals surface area contributed by atoms with Crippen LogP contribution < -0.4 is 0 Å². The monoisotopic (exact) mass is 280 g/mol. The van der Waals surface area contributed by atoms with Crippen LogP contribution in [0.3, 0.4) is 0 Å². The zero-order valence-electron chi connectivity index (χ0n) is 11.8. The summed E-state index contributed by atoms with van der Waals surface area (Å²) in [7, 11) is 2.22. The van der Waals surface area contributed by atoms with E-state index in [1.807, 2.05) is 0 Å². The van der Waals surface area contributed by atoms with Gasteiger partial charge in [-0.3, -0.25) is 9.59 Å². The Labute approximate surface area is 117 Å². The van der Waals surface area contributed by atoms with Gasteiger partial charge in [0.15, 0.2) is 0 Å². The molecule has 0 aromatic rings. The van der Waals surface area contributed by atoms with Crippen molar-refractivity contribution < 1.29 is 19.1 Å². The van der Waals surface area contributed by atoms with E-state index < -0.39 is 23.0 Å². The molecule has 0 fully saturated rings. The van der Waals surface area contributed by atoms with E-state index in [4.69, 9.17) is 20.0 Å². The Morgan fingerprint density at radius 3 is 1.40 bits per heavy atom. The SMILES string of the molecule is CCC(=O)C(C#N)(N=NC(C#N)(OC)C(=O)CC)OC. The number of rotatable bonds is 8. The highest BCUT2D eigenvalue weighted by Gasteiger charge is 2.43. The second-order valence-electron chi connectivity index (χ2n) is 3.67. The van der Waals surface area contributed by atoms with Crippen LogP contribution in [0.25, 0.3) is 0 Å². The van der Waals surface area contributed by atoms with Crippen molar-refractivity contribution in [1.29, 1.82) is 10.5 Å². The molecule has 0 amide bonds. The summed E-state index contributed by atoms with van der Waals surface area (Å²) < 4.78 is 9.58. The molecule has 0 aliphatic carbocycles. The molecule has 8 nitrogen and oxygen atoms in total. The van der Waals surface area contributed by atoms with Crippen LogP contribution in [0.2, 0.25) is 0 Å². The molecule has 0 radical (unpaired) electrons. The van der Waals surface area contributed by atoms with Gasteiger partial charge in [0.25, 0.3) is 0 Å². The van der Waals surface area contributed by atoms with E-state index in [-0.39, 0.29) is 12.8 Å². The highest BCUT2D eigenvalue weighted by atomic mass is 16.5. The Balaban J connectivity index is 5.73. The van der Waals surface area contributed by atoms with E-state index in [1.54, 1.807) is 12.1 Å². The number of nitrogens with zero attached hydrogens (tertiary/aromatic N) is 4. The summed E-state index contributed by atoms with van der Waals surface area (Å²) in [6.45, 7) is 3.04. The van der Waals surface area contributed by atoms with Crippen molar-refractivity contribution in [2.24, 2.45) is 10.2 Å². The van der Waals surface area contributed by atoms with Gasteiger partial charge in [-0.15, -0.1) is 10.2 Å². The van der Waals surface area contributed by atoms with Crippen molar-refractivity contribution >= 4 is 11.6 Å². The van der Waals surface area contributed by atoms with Crippen molar-refractivity contribution in [2.75, 3.05) is 14.2 Å². The van der Waals surface area contributed by atoms with Gasteiger partial charge in [-0.1, -0.05) is 13.8 Å². The first kappa shape index (κ1) is 17.8. The van der Waals surface area contributed by atoms with Crippen LogP contribution in [-0.4, -0.2) is 37.2 Å². The van der Waals surface area contributed by atoms with E-state index in [0.29, 0.717) is 0 Å². The molecule has 0 saturated carbocycles. The molecule has 2 atom stereocenters. The van der Waals surface area contributed by atoms with Gasteiger partial charge in [-0.05, 0) is 0 Å². The molecule has 20 heavy (non-hydrogen) atoms. The van der Waals surface area contributed by atoms with Crippen LogP contribution in [0.1, 0.15) is 26.7 Å². The summed E-state index contributed by atoms with van der Waals surface area (Å²) in [5.41, 5.74) is -4.35. The van der Waals surface area contributed by atoms with Gasteiger partial charge in [0.2, 0.25) is 11.6 Å². The highest BCUT2D eigenvalue weighted by Crippen LogP contribution is 2.21. The lowest BCUT2D eigenvalue weighted by Gasteiger charge is -2.20. The number of hydrogen-bond acceptors (Lipinski definition) is 8. The molecule has 0 saturated heterocycles. The van der Waals surface area contributed by atoms with Crippen molar-refractivity contribution in [3.8, 4) is 12.1 Å². The van der Waals surface area contributed by atoms with Gasteiger partial charge in [-0.2, -0.15) is 10.5 Å². The maximum absolute atomic E-state index is 11.7. The van der Waals surface area contributed by atoms with Crippen LogP contribution in [0, 0.1) is 22.7 Å². The Morgan fingerprint density at radius 1 is 0.950 bits per heavy atom. The van der Waals surface area contributed by atoms with Gasteiger partial charge < -0.3 is 9.47 Å². The molecule has 0 aromatic carbocycles. The summed E-state index contributed by atoms with van der Waals surface area (Å²) in [4.78, 5) is 23.4. The number of carbonyl (C=O) groups is 2. The van der Waals surface area contributed by atoms with Crippen LogP contribution >= 0.6 is 0 Å². The largest absolute Gasteiger partial charge is 0.338 e. The Bertz CT molecular complexity index is 447. The van der Waals surface area contributed by atoms with Gasteiger partial charge in [0.05, 0.1) is 0 Å². The predicted molar refractivity (Wildman–Crippen MR) is 66.2 cm³/mol. The molecule has 0 aliphatic heterocycles. The summed E-state index contributed by atoms with van der Waals surface area (Å²) in [6.07, 6.45) is -0.0383. The highest BCUT2D eigenvalue weighted by molar-refractivity contribution is 5.91. The molecule has 108 valence electrons. The zero-order valence-corrected chi connectivity index (χ0v) is 11.8. The van der Waals surface area contributed by atoms with Gasteiger partial charge in [0, 0.05) is 27.1 Å². The molecular formula is C12H16N4O4. The van der Waals surface area contributed by atoms with E-state index in [9.17, 15) is 9.59 Å². The number of azo groups is 1. The molecule has 0 heterocycles. The number of ether oxygens (including phenoxy) is 2. The summed E-state index contributed by atoms with van der Waals surface area (Å²) in [5.74, 6) is -1.28. The maximum atomic E-state index is 11.7. The second-order valence-corrected chi connectivity index (χ2v) is 3.67. The van der Waals surface area contributed by atoms with Crippen molar-refractivity contribution in [3.05, 3.63) is 0 Å². The van der Waals surface area contributed by atoms with Gasteiger partial charge >= 0.3 is 11.4 Å². The van der Waals surface area contributed by atoms with Gasteiger partial charge in [0.1, 0.15) is 12.1 Å². The van der Waals surface area contributed by atoms with Crippen LogP contribution in [0.15, 0.2) is 10.2 Å². The fourth-order valence-corrected chi connectivity index (χ4v) is 1.30. The first-order valence-electron chi connectivity index (χ1n) is 5.85. The Morgan fingerprint density at radius 2 is 1.25 bits per heavy atom. The normalized spacial score (nSPS) is 16.7. The maximum Gasteiger partial charge on any atom is 0.325 e. The minimum absolute atomic E-state index is 0.0192. The first-order chi connectivity index (χ1) is 9.41. The third-order valence-electron chi connectivity index (χ3n) is 2.62. The number of carbonyl (C=O) groups excluding carboxylic acids is 2. The number of ketones is 2.